The number of nitrogens with zero attached hydrogens (tertiary/aromatic N) is 2. The zero-order valence-electron chi connectivity index (χ0n) is 13.7. The van der Waals surface area contributed by atoms with Crippen LogP contribution >= 0.6 is 0 Å². The predicted octanol–water partition coefficient (Wildman–Crippen LogP) is 3.52. The molecule has 3 rings (SSSR count). The van der Waals surface area contributed by atoms with Gasteiger partial charge in [0.25, 0.3) is 0 Å². The quantitative estimate of drug-likeness (QED) is 0.874. The van der Waals surface area contributed by atoms with Gasteiger partial charge < -0.3 is 9.84 Å². The highest BCUT2D eigenvalue weighted by atomic mass is 19.1. The van der Waals surface area contributed by atoms with E-state index in [0.717, 1.165) is 17.0 Å². The summed E-state index contributed by atoms with van der Waals surface area (Å²) < 4.78 is 20.6. The second kappa shape index (κ2) is 6.71. The Bertz CT molecular complexity index is 756. The van der Waals surface area contributed by atoms with Gasteiger partial charge in [0.2, 0.25) is 0 Å². The maximum atomic E-state index is 13.3. The first kappa shape index (κ1) is 16.6. The van der Waals surface area contributed by atoms with Crippen molar-refractivity contribution in [2.45, 2.75) is 25.4 Å². The highest BCUT2D eigenvalue weighted by Gasteiger charge is 2.36. The molecule has 0 aromatic carbocycles. The number of ether oxygens (including phenoxy) is 1. The smallest absolute Gasteiger partial charge is 0.141 e. The number of aryl methyl sites for hydroxylation is 1. The van der Waals surface area contributed by atoms with Gasteiger partial charge in [0.1, 0.15) is 17.2 Å². The maximum absolute atomic E-state index is 13.3. The van der Waals surface area contributed by atoms with Crippen molar-refractivity contribution in [2.75, 3.05) is 13.2 Å². The third kappa shape index (κ3) is 3.05. The minimum atomic E-state index is -0.987. The third-order valence-corrected chi connectivity index (χ3v) is 4.37. The molecule has 0 unspecified atom stereocenters. The van der Waals surface area contributed by atoms with Crippen LogP contribution in [0.4, 0.5) is 4.39 Å². The Hall–Kier alpha value is -2.24. The number of rotatable bonds is 4. The number of halogens is 1. The second-order valence-corrected chi connectivity index (χ2v) is 6.01. The molecule has 3 heterocycles. The summed E-state index contributed by atoms with van der Waals surface area (Å²) in [5, 5.41) is 11.2. The van der Waals surface area contributed by atoms with Crippen LogP contribution in [0.5, 0.6) is 0 Å². The molecule has 2 aromatic heterocycles. The highest BCUT2D eigenvalue weighted by Crippen LogP contribution is 2.36. The molecule has 1 saturated heterocycles. The van der Waals surface area contributed by atoms with Crippen molar-refractivity contribution < 1.29 is 14.2 Å². The molecule has 1 aliphatic heterocycles. The molecule has 1 N–H and O–H groups in total. The van der Waals surface area contributed by atoms with Crippen molar-refractivity contribution in [3.05, 3.63) is 65.9 Å². The summed E-state index contributed by atoms with van der Waals surface area (Å²) in [6.45, 7) is 6.70. The van der Waals surface area contributed by atoms with Crippen LogP contribution in [-0.4, -0.2) is 27.9 Å². The molecule has 4 nitrogen and oxygen atoms in total. The Morgan fingerprint density at radius 1 is 1.38 bits per heavy atom. The number of pyridine rings is 1. The van der Waals surface area contributed by atoms with E-state index in [1.165, 1.54) is 12.3 Å². The SMILES string of the molecule is C=C/C=C\c1c(C)cc(C2(O)CCOCC2)n1-c1ccc(F)cn1. The summed E-state index contributed by atoms with van der Waals surface area (Å²) in [7, 11) is 0. The van der Waals surface area contributed by atoms with Crippen LogP contribution in [0.25, 0.3) is 11.9 Å². The van der Waals surface area contributed by atoms with Gasteiger partial charge in [0, 0.05) is 26.1 Å². The van der Waals surface area contributed by atoms with Gasteiger partial charge in [0.15, 0.2) is 0 Å². The van der Waals surface area contributed by atoms with Crippen LogP contribution < -0.4 is 0 Å². The number of allylic oxidation sites excluding steroid dienone is 2. The standard InChI is InChI=1S/C19H21FN2O2/c1-3-4-5-16-14(2)12-17(19(23)8-10-24-11-9-19)22(16)18-7-6-15(20)13-21-18/h3-7,12-13,23H,1,8-11H2,2H3/b5-4-. The highest BCUT2D eigenvalue weighted by molar-refractivity contribution is 5.57. The summed E-state index contributed by atoms with van der Waals surface area (Å²) in [5.41, 5.74) is 1.67. The lowest BCUT2D eigenvalue weighted by Gasteiger charge is -2.33. The van der Waals surface area contributed by atoms with E-state index in [2.05, 4.69) is 11.6 Å². The van der Waals surface area contributed by atoms with E-state index < -0.39 is 11.4 Å². The third-order valence-electron chi connectivity index (χ3n) is 4.37. The molecule has 0 bridgehead atoms. The van der Waals surface area contributed by atoms with Crippen molar-refractivity contribution >= 4 is 6.08 Å². The van der Waals surface area contributed by atoms with Crippen LogP contribution in [-0.2, 0) is 10.3 Å². The maximum Gasteiger partial charge on any atom is 0.141 e. The van der Waals surface area contributed by atoms with Gasteiger partial charge in [-0.1, -0.05) is 18.7 Å². The van der Waals surface area contributed by atoms with E-state index in [4.69, 9.17) is 4.74 Å². The molecule has 24 heavy (non-hydrogen) atoms. The average Bonchev–Trinajstić information content (AvgIpc) is 2.92. The number of aliphatic hydroxyl groups is 1. The Morgan fingerprint density at radius 2 is 2.12 bits per heavy atom. The first-order chi connectivity index (χ1) is 11.5. The largest absolute Gasteiger partial charge is 0.383 e. The Balaban J connectivity index is 2.19. The van der Waals surface area contributed by atoms with Crippen molar-refractivity contribution in [3.8, 4) is 5.82 Å². The fourth-order valence-electron chi connectivity index (χ4n) is 3.07. The molecule has 2 aromatic rings. The van der Waals surface area contributed by atoms with Gasteiger partial charge in [-0.3, -0.25) is 4.57 Å². The molecule has 0 radical (unpaired) electrons. The van der Waals surface area contributed by atoms with Gasteiger partial charge in [-0.2, -0.15) is 0 Å². The van der Waals surface area contributed by atoms with Crippen molar-refractivity contribution in [2.24, 2.45) is 0 Å². The van der Waals surface area contributed by atoms with Gasteiger partial charge >= 0.3 is 0 Å². The summed E-state index contributed by atoms with van der Waals surface area (Å²) in [6.07, 6.45) is 7.66. The summed E-state index contributed by atoms with van der Waals surface area (Å²) in [4.78, 5) is 4.20. The lowest BCUT2D eigenvalue weighted by molar-refractivity contribution is -0.0714. The van der Waals surface area contributed by atoms with E-state index in [0.29, 0.717) is 31.9 Å². The first-order valence-electron chi connectivity index (χ1n) is 7.99. The molecule has 0 aliphatic carbocycles. The average molecular weight is 328 g/mol. The lowest BCUT2D eigenvalue weighted by atomic mass is 9.90. The topological polar surface area (TPSA) is 47.3 Å². The van der Waals surface area contributed by atoms with Gasteiger partial charge in [-0.15, -0.1) is 0 Å². The number of aromatic nitrogens is 2. The van der Waals surface area contributed by atoms with E-state index >= 15 is 0 Å². The van der Waals surface area contributed by atoms with Crippen LogP contribution in [0.2, 0.25) is 0 Å². The molecule has 126 valence electrons. The number of hydrogen-bond acceptors (Lipinski definition) is 3. The fraction of sp³-hybridized carbons (Fsp3) is 0.316. The molecule has 0 amide bonds. The Kier molecular flexibility index (Phi) is 4.64. The van der Waals surface area contributed by atoms with Gasteiger partial charge in [-0.05, 0) is 36.8 Å². The van der Waals surface area contributed by atoms with Crippen LogP contribution in [0.3, 0.4) is 0 Å². The molecule has 0 atom stereocenters. The van der Waals surface area contributed by atoms with Crippen LogP contribution in [0, 0.1) is 12.7 Å². The molecule has 1 fully saturated rings. The van der Waals surface area contributed by atoms with E-state index in [9.17, 15) is 9.50 Å². The summed E-state index contributed by atoms with van der Waals surface area (Å²) in [6, 6.07) is 4.96. The van der Waals surface area contributed by atoms with Crippen molar-refractivity contribution in [1.82, 2.24) is 9.55 Å². The monoisotopic (exact) mass is 328 g/mol. The molecule has 1 aliphatic rings. The Labute approximate surface area is 140 Å². The molecule has 5 heteroatoms. The van der Waals surface area contributed by atoms with E-state index in [1.54, 1.807) is 12.1 Å². The molecular formula is C19H21FN2O2. The van der Waals surface area contributed by atoms with Crippen LogP contribution in [0.1, 0.15) is 29.8 Å². The Morgan fingerprint density at radius 3 is 2.75 bits per heavy atom. The fourth-order valence-corrected chi connectivity index (χ4v) is 3.07. The minimum absolute atomic E-state index is 0.392. The molecular weight excluding hydrogens is 307 g/mol. The zero-order valence-corrected chi connectivity index (χ0v) is 13.7. The summed E-state index contributed by atoms with van der Waals surface area (Å²) in [5.74, 6) is 0.181. The first-order valence-corrected chi connectivity index (χ1v) is 7.99. The molecule has 0 saturated carbocycles. The normalized spacial score (nSPS) is 17.3. The summed E-state index contributed by atoms with van der Waals surface area (Å²) >= 11 is 0. The van der Waals surface area contributed by atoms with E-state index in [-0.39, 0.29) is 0 Å². The van der Waals surface area contributed by atoms with Crippen molar-refractivity contribution in [1.29, 1.82) is 0 Å². The van der Waals surface area contributed by atoms with Gasteiger partial charge in [0.05, 0.1) is 17.6 Å². The van der Waals surface area contributed by atoms with Gasteiger partial charge in [-0.25, -0.2) is 9.37 Å². The second-order valence-electron chi connectivity index (χ2n) is 6.01. The molecule has 0 spiro atoms. The van der Waals surface area contributed by atoms with Crippen molar-refractivity contribution in [3.63, 3.8) is 0 Å². The predicted molar refractivity (Wildman–Crippen MR) is 91.4 cm³/mol. The minimum Gasteiger partial charge on any atom is -0.383 e. The van der Waals surface area contributed by atoms with E-state index in [1.807, 2.05) is 29.7 Å². The lowest BCUT2D eigenvalue weighted by Crippen LogP contribution is -2.35. The number of hydrogen-bond donors (Lipinski definition) is 1. The zero-order chi connectivity index (χ0) is 17.2. The van der Waals surface area contributed by atoms with Crippen LogP contribution in [0.15, 0.2) is 43.1 Å².